The minimum atomic E-state index is -4.60. The number of benzene rings is 1. The van der Waals surface area contributed by atoms with Gasteiger partial charge in [0.1, 0.15) is 6.10 Å². The molecule has 0 radical (unpaired) electrons. The van der Waals surface area contributed by atoms with Crippen molar-refractivity contribution in [2.75, 3.05) is 6.61 Å². The molecule has 0 spiro atoms. The molecule has 0 bridgehead atoms. The summed E-state index contributed by atoms with van der Waals surface area (Å²) in [4.78, 5) is 15.2. The number of carboxylic acid groups (broad SMARTS) is 1. The van der Waals surface area contributed by atoms with Gasteiger partial charge in [0.25, 0.3) is 0 Å². The molecule has 4 atom stereocenters. The van der Waals surface area contributed by atoms with Crippen LogP contribution in [0.4, 0.5) is 13.2 Å². The normalized spacial score (nSPS) is 24.7. The van der Waals surface area contributed by atoms with Gasteiger partial charge in [-0.3, -0.25) is 10.3 Å². The summed E-state index contributed by atoms with van der Waals surface area (Å²) >= 11 is 0. The third kappa shape index (κ3) is 4.14. The van der Waals surface area contributed by atoms with E-state index in [1.165, 1.54) is 18.2 Å². The van der Waals surface area contributed by atoms with Crippen LogP contribution in [0.25, 0.3) is 0 Å². The second kappa shape index (κ2) is 7.83. The van der Waals surface area contributed by atoms with Gasteiger partial charge in [-0.25, -0.2) is 4.79 Å². The molecule has 0 aromatic heterocycles. The van der Waals surface area contributed by atoms with Crippen molar-refractivity contribution in [1.82, 2.24) is 5.48 Å². The van der Waals surface area contributed by atoms with Gasteiger partial charge in [-0.2, -0.15) is 13.2 Å². The fourth-order valence-electron chi connectivity index (χ4n) is 3.49. The zero-order valence-electron chi connectivity index (χ0n) is 14.5. The number of hydrogen-bond acceptors (Lipinski definition) is 5. The third-order valence-corrected chi connectivity index (χ3v) is 4.88. The topological polar surface area (TPSA) is 99.0 Å². The average Bonchev–Trinajstić information content (AvgIpc) is 2.86. The summed E-state index contributed by atoms with van der Waals surface area (Å²) < 4.78 is 39.2. The fourth-order valence-corrected chi connectivity index (χ4v) is 3.49. The lowest BCUT2D eigenvalue weighted by Crippen LogP contribution is -2.32. The maximum Gasteiger partial charge on any atom is 0.416 e. The molecule has 2 aliphatic carbocycles. The van der Waals surface area contributed by atoms with Crippen molar-refractivity contribution in [1.29, 1.82) is 0 Å². The summed E-state index contributed by atoms with van der Waals surface area (Å²) in [5, 5.41) is 29.0. The maximum absolute atomic E-state index is 13.1. The van der Waals surface area contributed by atoms with Gasteiger partial charge in [0.15, 0.2) is 6.61 Å². The number of carbonyl (C=O) groups is 1. The van der Waals surface area contributed by atoms with Crippen molar-refractivity contribution in [2.24, 2.45) is 11.8 Å². The van der Waals surface area contributed by atoms with Crippen molar-refractivity contribution >= 4 is 5.97 Å². The lowest BCUT2D eigenvalue weighted by atomic mass is 9.83. The smallest absolute Gasteiger partial charge is 0.416 e. The summed E-state index contributed by atoms with van der Waals surface area (Å²) in [6.07, 6.45) is -6.21. The predicted octanol–water partition coefficient (Wildman–Crippen LogP) is 2.00. The molecule has 0 heterocycles. The Morgan fingerprint density at radius 1 is 1.32 bits per heavy atom. The number of allylic oxidation sites excluding steroid dienone is 1. The fraction of sp³-hybridized carbons (Fsp3) is 0.421. The van der Waals surface area contributed by atoms with Gasteiger partial charge in [0.2, 0.25) is 0 Å². The Bertz CT molecular complexity index is 855. The SMILES string of the molecule is O=C(O)CONC1=C2CC(C#CC(O)c3ccccc3C(F)(F)F)C(O)C2C1. The number of hydrogen-bond donors (Lipinski definition) is 4. The lowest BCUT2D eigenvalue weighted by Gasteiger charge is -2.30. The van der Waals surface area contributed by atoms with Crippen molar-refractivity contribution in [3.05, 3.63) is 46.7 Å². The van der Waals surface area contributed by atoms with E-state index < -0.39 is 42.4 Å². The Morgan fingerprint density at radius 2 is 2.04 bits per heavy atom. The van der Waals surface area contributed by atoms with E-state index in [9.17, 15) is 28.2 Å². The summed E-state index contributed by atoms with van der Waals surface area (Å²) in [5.74, 6) is 3.29. The number of nitrogens with one attached hydrogen (secondary N) is 1. The van der Waals surface area contributed by atoms with Crippen LogP contribution < -0.4 is 5.48 Å². The Morgan fingerprint density at radius 3 is 2.71 bits per heavy atom. The van der Waals surface area contributed by atoms with E-state index in [-0.39, 0.29) is 11.5 Å². The van der Waals surface area contributed by atoms with E-state index in [1.54, 1.807) is 0 Å². The molecule has 0 amide bonds. The first-order valence-electron chi connectivity index (χ1n) is 8.53. The van der Waals surface area contributed by atoms with Crippen LogP contribution in [0.15, 0.2) is 35.5 Å². The standard InChI is InChI=1S/C19H18F3NO5/c20-19(21,22)14-4-2-1-3-11(14)16(24)6-5-10-7-12-13(18(10)27)8-15(12)23-28-9-17(25)26/h1-4,10,13,16,18,23-24,27H,7-9H2,(H,25,26). The van der Waals surface area contributed by atoms with Gasteiger partial charge in [0.05, 0.1) is 17.6 Å². The minimum Gasteiger partial charge on any atom is -0.479 e. The molecular formula is C19H18F3NO5. The highest BCUT2D eigenvalue weighted by molar-refractivity contribution is 5.67. The summed E-state index contributed by atoms with van der Waals surface area (Å²) in [7, 11) is 0. The molecule has 2 aliphatic rings. The first-order chi connectivity index (χ1) is 13.2. The number of aliphatic carboxylic acids is 1. The number of fused-ring (bicyclic) bond motifs is 1. The number of hydroxylamine groups is 1. The molecule has 1 fully saturated rings. The quantitative estimate of drug-likeness (QED) is 0.448. The second-order valence-electron chi connectivity index (χ2n) is 6.68. The molecule has 0 aliphatic heterocycles. The zero-order valence-corrected chi connectivity index (χ0v) is 14.5. The Balaban J connectivity index is 1.69. The maximum atomic E-state index is 13.1. The van der Waals surface area contributed by atoms with Crippen molar-refractivity contribution < 1.29 is 38.1 Å². The monoisotopic (exact) mass is 397 g/mol. The molecule has 4 N–H and O–H groups in total. The van der Waals surface area contributed by atoms with Crippen LogP contribution >= 0.6 is 0 Å². The van der Waals surface area contributed by atoms with Crippen LogP contribution in [-0.4, -0.2) is 34.0 Å². The highest BCUT2D eigenvalue weighted by Gasteiger charge is 2.45. The number of aliphatic hydroxyl groups is 2. The Kier molecular flexibility index (Phi) is 5.65. The summed E-state index contributed by atoms with van der Waals surface area (Å²) in [5.41, 5.74) is 2.79. The molecule has 1 saturated carbocycles. The van der Waals surface area contributed by atoms with Gasteiger partial charge in [0, 0.05) is 17.2 Å². The van der Waals surface area contributed by atoms with Crippen molar-refractivity contribution in [3.8, 4) is 11.8 Å². The number of rotatable bonds is 5. The van der Waals surface area contributed by atoms with Crippen LogP contribution in [0.1, 0.15) is 30.1 Å². The van der Waals surface area contributed by atoms with Gasteiger partial charge in [-0.05, 0) is 24.5 Å². The second-order valence-corrected chi connectivity index (χ2v) is 6.68. The van der Waals surface area contributed by atoms with Crippen LogP contribution in [0, 0.1) is 23.7 Å². The van der Waals surface area contributed by atoms with Crippen LogP contribution in [-0.2, 0) is 15.8 Å². The number of carboxylic acids is 1. The Hall–Kier alpha value is -2.54. The molecule has 0 saturated heterocycles. The number of aliphatic hydroxyl groups excluding tert-OH is 2. The van der Waals surface area contributed by atoms with Gasteiger partial charge < -0.3 is 15.3 Å². The largest absolute Gasteiger partial charge is 0.479 e. The highest BCUT2D eigenvalue weighted by atomic mass is 19.4. The highest BCUT2D eigenvalue weighted by Crippen LogP contribution is 2.48. The van der Waals surface area contributed by atoms with Crippen LogP contribution in [0.3, 0.4) is 0 Å². The zero-order chi connectivity index (χ0) is 20.5. The number of halogens is 3. The van der Waals surface area contributed by atoms with E-state index >= 15 is 0 Å². The molecule has 1 aromatic rings. The molecule has 1 aromatic carbocycles. The van der Waals surface area contributed by atoms with E-state index in [0.29, 0.717) is 18.5 Å². The van der Waals surface area contributed by atoms with Crippen LogP contribution in [0.2, 0.25) is 0 Å². The van der Waals surface area contributed by atoms with Gasteiger partial charge in [-0.15, -0.1) is 0 Å². The molecule has 28 heavy (non-hydrogen) atoms. The number of alkyl halides is 3. The van der Waals surface area contributed by atoms with E-state index in [4.69, 9.17) is 9.94 Å². The van der Waals surface area contributed by atoms with Crippen LogP contribution in [0.5, 0.6) is 0 Å². The van der Waals surface area contributed by atoms with Gasteiger partial charge >= 0.3 is 12.1 Å². The summed E-state index contributed by atoms with van der Waals surface area (Å²) in [6.45, 7) is -0.516. The molecule has 9 heteroatoms. The van der Waals surface area contributed by atoms with Crippen molar-refractivity contribution in [2.45, 2.75) is 31.2 Å². The van der Waals surface area contributed by atoms with Gasteiger partial charge in [-0.1, -0.05) is 30.0 Å². The van der Waals surface area contributed by atoms with Crippen molar-refractivity contribution in [3.63, 3.8) is 0 Å². The van der Waals surface area contributed by atoms with E-state index in [0.717, 1.165) is 11.6 Å². The minimum absolute atomic E-state index is 0.158. The van der Waals surface area contributed by atoms with E-state index in [1.807, 2.05) is 0 Å². The average molecular weight is 397 g/mol. The molecule has 3 rings (SSSR count). The first kappa shape index (κ1) is 20.2. The van der Waals surface area contributed by atoms with E-state index in [2.05, 4.69) is 17.3 Å². The lowest BCUT2D eigenvalue weighted by molar-refractivity contribution is -0.144. The summed E-state index contributed by atoms with van der Waals surface area (Å²) in [6, 6.07) is 4.67. The molecular weight excluding hydrogens is 379 g/mol. The molecule has 6 nitrogen and oxygen atoms in total. The third-order valence-electron chi connectivity index (χ3n) is 4.88. The Labute approximate surface area is 158 Å². The molecule has 150 valence electrons. The predicted molar refractivity (Wildman–Crippen MR) is 90.2 cm³/mol. The molecule has 4 unspecified atom stereocenters. The first-order valence-corrected chi connectivity index (χ1v) is 8.53.